The summed E-state index contributed by atoms with van der Waals surface area (Å²) >= 11 is 0. The van der Waals surface area contributed by atoms with E-state index in [1.165, 1.54) is 7.11 Å². The van der Waals surface area contributed by atoms with Gasteiger partial charge in [0.25, 0.3) is 0 Å². The van der Waals surface area contributed by atoms with Crippen LogP contribution >= 0.6 is 0 Å². The second-order valence-electron chi connectivity index (χ2n) is 4.71. The molecule has 0 saturated carbocycles. The number of hydrogen-bond donors (Lipinski definition) is 0. The molecule has 118 valence electrons. The van der Waals surface area contributed by atoms with Crippen LogP contribution in [0, 0.1) is 0 Å². The Balaban J connectivity index is 2.25. The van der Waals surface area contributed by atoms with E-state index < -0.39 is 0 Å². The van der Waals surface area contributed by atoms with Crippen LogP contribution in [0.5, 0.6) is 11.5 Å². The molecule has 0 aliphatic heterocycles. The van der Waals surface area contributed by atoms with Gasteiger partial charge < -0.3 is 19.1 Å². The third-order valence-electron chi connectivity index (χ3n) is 3.03. The molecule has 0 bridgehead atoms. The lowest BCUT2D eigenvalue weighted by Gasteiger charge is -2.17. The predicted molar refractivity (Wildman–Crippen MR) is 81.9 cm³/mol. The summed E-state index contributed by atoms with van der Waals surface area (Å²) in [6.07, 6.45) is 1.24. The molecular weight excluding hydrogens is 270 g/mol. The van der Waals surface area contributed by atoms with E-state index in [0.717, 1.165) is 31.0 Å². The highest BCUT2D eigenvalue weighted by Gasteiger charge is 2.05. The Labute approximate surface area is 126 Å². The molecule has 0 spiro atoms. The van der Waals surface area contributed by atoms with Crippen molar-refractivity contribution in [2.24, 2.45) is 0 Å². The quantitative estimate of drug-likeness (QED) is 0.620. The maximum absolute atomic E-state index is 11.0. The van der Waals surface area contributed by atoms with Crippen LogP contribution in [0.1, 0.15) is 19.8 Å². The second-order valence-corrected chi connectivity index (χ2v) is 4.71. The first-order valence-corrected chi connectivity index (χ1v) is 7.27. The minimum atomic E-state index is -0.162. The topological polar surface area (TPSA) is 48.0 Å². The molecule has 5 nitrogen and oxygen atoms in total. The average Bonchev–Trinajstić information content (AvgIpc) is 2.49. The molecule has 0 aromatic heterocycles. The lowest BCUT2D eigenvalue weighted by atomic mass is 10.3. The van der Waals surface area contributed by atoms with Gasteiger partial charge >= 0.3 is 5.97 Å². The van der Waals surface area contributed by atoms with E-state index in [1.807, 2.05) is 38.2 Å². The first-order chi connectivity index (χ1) is 10.2. The highest BCUT2D eigenvalue weighted by atomic mass is 16.5. The number of carbonyl (C=O) groups is 1. The van der Waals surface area contributed by atoms with Gasteiger partial charge in [0.2, 0.25) is 0 Å². The molecule has 1 rings (SSSR count). The van der Waals surface area contributed by atoms with Gasteiger partial charge in [0.15, 0.2) is 11.5 Å². The number of esters is 1. The molecule has 0 fully saturated rings. The van der Waals surface area contributed by atoms with Crippen molar-refractivity contribution in [3.8, 4) is 11.5 Å². The zero-order chi connectivity index (χ0) is 15.5. The fourth-order valence-electron chi connectivity index (χ4n) is 1.86. The molecule has 0 atom stereocenters. The summed E-state index contributed by atoms with van der Waals surface area (Å²) in [5.74, 6) is 1.38. The van der Waals surface area contributed by atoms with E-state index in [2.05, 4.69) is 9.64 Å². The van der Waals surface area contributed by atoms with Crippen molar-refractivity contribution in [3.05, 3.63) is 24.3 Å². The van der Waals surface area contributed by atoms with Crippen LogP contribution in [0.15, 0.2) is 24.3 Å². The van der Waals surface area contributed by atoms with Crippen LogP contribution < -0.4 is 9.47 Å². The van der Waals surface area contributed by atoms with Crippen LogP contribution in [0.3, 0.4) is 0 Å². The number of rotatable bonds is 10. The minimum absolute atomic E-state index is 0.162. The number of likely N-dealkylation sites (N-methyl/N-ethyl adjacent to an activating group) is 1. The Bertz CT molecular complexity index is 422. The smallest absolute Gasteiger partial charge is 0.305 e. The summed E-state index contributed by atoms with van der Waals surface area (Å²) in [7, 11) is 3.42. The van der Waals surface area contributed by atoms with E-state index >= 15 is 0 Å². The number of ether oxygens (including phenoxy) is 3. The Morgan fingerprint density at radius 1 is 1.14 bits per heavy atom. The van der Waals surface area contributed by atoms with Gasteiger partial charge in [-0.25, -0.2) is 0 Å². The molecule has 0 saturated heterocycles. The first-order valence-electron chi connectivity index (χ1n) is 7.27. The monoisotopic (exact) mass is 295 g/mol. The number of para-hydroxylation sites is 2. The Hall–Kier alpha value is -1.75. The summed E-state index contributed by atoms with van der Waals surface area (Å²) in [6.45, 7) is 4.78. The minimum Gasteiger partial charge on any atom is -0.490 e. The van der Waals surface area contributed by atoms with Gasteiger partial charge in [-0.3, -0.25) is 4.79 Å². The van der Waals surface area contributed by atoms with Crippen molar-refractivity contribution in [2.45, 2.75) is 19.8 Å². The molecule has 1 aromatic carbocycles. The lowest BCUT2D eigenvalue weighted by molar-refractivity contribution is -0.140. The molecular formula is C16H25NO4. The van der Waals surface area contributed by atoms with Gasteiger partial charge in [0, 0.05) is 13.0 Å². The maximum Gasteiger partial charge on any atom is 0.305 e. The molecule has 0 unspecified atom stereocenters. The van der Waals surface area contributed by atoms with Gasteiger partial charge in [0.1, 0.15) is 6.61 Å². The molecule has 0 aliphatic rings. The summed E-state index contributed by atoms with van der Waals surface area (Å²) in [6, 6.07) is 7.66. The van der Waals surface area contributed by atoms with Crippen LogP contribution in [-0.4, -0.2) is 51.3 Å². The SMILES string of the molecule is CCOc1ccccc1OCCN(C)CCCC(=O)OC. The van der Waals surface area contributed by atoms with Crippen LogP contribution in [0.25, 0.3) is 0 Å². The van der Waals surface area contributed by atoms with E-state index in [9.17, 15) is 4.79 Å². The molecule has 0 N–H and O–H groups in total. The van der Waals surface area contributed by atoms with Crippen molar-refractivity contribution < 1.29 is 19.0 Å². The normalized spacial score (nSPS) is 10.5. The third kappa shape index (κ3) is 6.99. The maximum atomic E-state index is 11.0. The number of nitrogens with zero attached hydrogens (tertiary/aromatic N) is 1. The fourth-order valence-corrected chi connectivity index (χ4v) is 1.86. The molecule has 0 heterocycles. The van der Waals surface area contributed by atoms with Crippen molar-refractivity contribution in [1.82, 2.24) is 4.90 Å². The number of carbonyl (C=O) groups excluding carboxylic acids is 1. The molecule has 21 heavy (non-hydrogen) atoms. The van der Waals surface area contributed by atoms with Crippen LogP contribution in [-0.2, 0) is 9.53 Å². The summed E-state index contributed by atoms with van der Waals surface area (Å²) < 4.78 is 15.9. The average molecular weight is 295 g/mol. The number of hydrogen-bond acceptors (Lipinski definition) is 5. The van der Waals surface area contributed by atoms with E-state index in [-0.39, 0.29) is 5.97 Å². The molecule has 1 aromatic rings. The highest BCUT2D eigenvalue weighted by molar-refractivity contribution is 5.69. The van der Waals surface area contributed by atoms with Crippen LogP contribution in [0.4, 0.5) is 0 Å². The predicted octanol–water partition coefficient (Wildman–Crippen LogP) is 2.35. The third-order valence-corrected chi connectivity index (χ3v) is 3.03. The van der Waals surface area contributed by atoms with Gasteiger partial charge in [-0.1, -0.05) is 12.1 Å². The fraction of sp³-hybridized carbons (Fsp3) is 0.562. The Kier molecular flexibility index (Phi) is 8.28. The van der Waals surface area contributed by atoms with E-state index in [0.29, 0.717) is 19.6 Å². The summed E-state index contributed by atoms with van der Waals surface area (Å²) in [4.78, 5) is 13.1. The van der Waals surface area contributed by atoms with Crippen molar-refractivity contribution in [2.75, 3.05) is 40.5 Å². The first kappa shape index (κ1) is 17.3. The zero-order valence-electron chi connectivity index (χ0n) is 13.1. The van der Waals surface area contributed by atoms with Gasteiger partial charge in [-0.15, -0.1) is 0 Å². The number of benzene rings is 1. The van der Waals surface area contributed by atoms with Crippen molar-refractivity contribution in [1.29, 1.82) is 0 Å². The van der Waals surface area contributed by atoms with E-state index in [1.54, 1.807) is 0 Å². The van der Waals surface area contributed by atoms with Crippen molar-refractivity contribution in [3.63, 3.8) is 0 Å². The van der Waals surface area contributed by atoms with E-state index in [4.69, 9.17) is 9.47 Å². The van der Waals surface area contributed by atoms with Gasteiger partial charge in [-0.2, -0.15) is 0 Å². The van der Waals surface area contributed by atoms with Gasteiger partial charge in [-0.05, 0) is 39.1 Å². The van der Waals surface area contributed by atoms with Crippen molar-refractivity contribution >= 4 is 5.97 Å². The highest BCUT2D eigenvalue weighted by Crippen LogP contribution is 2.26. The molecule has 0 amide bonds. The van der Waals surface area contributed by atoms with Crippen LogP contribution in [0.2, 0.25) is 0 Å². The Morgan fingerprint density at radius 2 is 1.81 bits per heavy atom. The number of methoxy groups -OCH3 is 1. The van der Waals surface area contributed by atoms with Gasteiger partial charge in [0.05, 0.1) is 13.7 Å². The second kappa shape index (κ2) is 10.0. The molecule has 5 heteroatoms. The standard InChI is InChI=1S/C16H25NO4/c1-4-20-14-8-5-6-9-15(14)21-13-12-17(2)11-7-10-16(18)19-3/h5-6,8-9H,4,7,10-13H2,1-3H3. The summed E-state index contributed by atoms with van der Waals surface area (Å²) in [5.41, 5.74) is 0. The summed E-state index contributed by atoms with van der Waals surface area (Å²) in [5, 5.41) is 0. The largest absolute Gasteiger partial charge is 0.490 e. The lowest BCUT2D eigenvalue weighted by Crippen LogP contribution is -2.25. The molecule has 0 radical (unpaired) electrons. The zero-order valence-corrected chi connectivity index (χ0v) is 13.1. The Morgan fingerprint density at radius 3 is 2.43 bits per heavy atom. The molecule has 0 aliphatic carbocycles.